The predicted octanol–water partition coefficient (Wildman–Crippen LogP) is 3.55. The first kappa shape index (κ1) is 23.9. The second-order valence-electron chi connectivity index (χ2n) is 9.22. The number of esters is 1. The summed E-state index contributed by atoms with van der Waals surface area (Å²) in [5.74, 6) is 0.655. The first-order valence-electron chi connectivity index (χ1n) is 11.7. The molecule has 2 aliphatic heterocycles. The second kappa shape index (κ2) is 9.33. The maximum atomic E-state index is 13.2. The van der Waals surface area contributed by atoms with Crippen LogP contribution in [0, 0.1) is 11.8 Å². The summed E-state index contributed by atoms with van der Waals surface area (Å²) < 4.78 is 39.4. The Morgan fingerprint density at radius 3 is 2.17 bits per heavy atom. The largest absolute Gasteiger partial charge is 0.493 e. The van der Waals surface area contributed by atoms with Crippen LogP contribution in [0.1, 0.15) is 42.6 Å². The molecule has 3 aliphatic rings. The summed E-state index contributed by atoms with van der Waals surface area (Å²) in [6, 6.07) is 7.23. The Labute approximate surface area is 208 Å². The molecule has 2 heterocycles. The molecule has 1 N–H and O–H groups in total. The second-order valence-corrected chi connectivity index (χ2v) is 9.22. The number of cyclic esters (lactones) is 1. The molecule has 0 unspecified atom stereocenters. The standard InChI is InChI=1S/C26H29NO9/c1-12(2)27-26(29)36-23-15-9-18-17(34-11-35-18)8-14(15)21(22-16(23)10-33-25(22)28)13-6-19(30-3)24(32-5)20(7-13)31-4/h6-9,12,16,21-23H,10-11H2,1-5H3,(H,27,29)/t16-,21+,22-,23+/m0/s1. The number of nitrogens with one attached hydrogen (secondary N) is 1. The van der Waals surface area contributed by atoms with E-state index in [1.165, 1.54) is 21.3 Å². The van der Waals surface area contributed by atoms with Crippen molar-refractivity contribution in [2.45, 2.75) is 31.9 Å². The molecule has 10 nitrogen and oxygen atoms in total. The zero-order valence-electron chi connectivity index (χ0n) is 20.8. The first-order valence-corrected chi connectivity index (χ1v) is 11.7. The maximum absolute atomic E-state index is 13.2. The van der Waals surface area contributed by atoms with Crippen LogP contribution in [-0.2, 0) is 14.3 Å². The molecule has 10 heteroatoms. The Hall–Kier alpha value is -3.82. The number of fused-ring (bicyclic) bond motifs is 3. The quantitative estimate of drug-likeness (QED) is 0.597. The van der Waals surface area contributed by atoms with Crippen LogP contribution in [0.3, 0.4) is 0 Å². The van der Waals surface area contributed by atoms with Gasteiger partial charge in [-0.15, -0.1) is 0 Å². The molecule has 2 aromatic rings. The van der Waals surface area contributed by atoms with Crippen molar-refractivity contribution in [3.8, 4) is 28.7 Å². The third-order valence-electron chi connectivity index (χ3n) is 6.81. The number of carbonyl (C=O) groups excluding carboxylic acids is 2. The Bertz CT molecular complexity index is 1170. The Morgan fingerprint density at radius 2 is 1.58 bits per heavy atom. The van der Waals surface area contributed by atoms with Crippen LogP contribution in [0.25, 0.3) is 0 Å². The lowest BCUT2D eigenvalue weighted by atomic mass is 9.66. The lowest BCUT2D eigenvalue weighted by molar-refractivity contribution is -0.141. The number of rotatable bonds is 6. The van der Waals surface area contributed by atoms with Crippen LogP contribution in [0.5, 0.6) is 28.7 Å². The number of carbonyl (C=O) groups is 2. The van der Waals surface area contributed by atoms with Gasteiger partial charge in [0.05, 0.1) is 33.9 Å². The highest BCUT2D eigenvalue weighted by Gasteiger charge is 2.54. The highest BCUT2D eigenvalue weighted by molar-refractivity contribution is 5.79. The minimum Gasteiger partial charge on any atom is -0.493 e. The fraction of sp³-hybridized carbons (Fsp3) is 0.462. The molecular weight excluding hydrogens is 470 g/mol. The molecular formula is C26H29NO9. The van der Waals surface area contributed by atoms with Crippen LogP contribution in [0.2, 0.25) is 0 Å². The van der Waals surface area contributed by atoms with Crippen molar-refractivity contribution in [1.82, 2.24) is 5.32 Å². The molecule has 192 valence electrons. The van der Waals surface area contributed by atoms with Crippen molar-refractivity contribution < 1.29 is 42.7 Å². The van der Waals surface area contributed by atoms with Crippen LogP contribution in [0.15, 0.2) is 24.3 Å². The van der Waals surface area contributed by atoms with E-state index in [0.717, 1.165) is 16.7 Å². The summed E-state index contributed by atoms with van der Waals surface area (Å²) in [7, 11) is 4.61. The van der Waals surface area contributed by atoms with Gasteiger partial charge in [0.2, 0.25) is 12.5 Å². The number of hydrogen-bond acceptors (Lipinski definition) is 9. The minimum absolute atomic E-state index is 0.0847. The van der Waals surface area contributed by atoms with Crippen molar-refractivity contribution >= 4 is 12.1 Å². The fourth-order valence-corrected chi connectivity index (χ4v) is 5.33. The van der Waals surface area contributed by atoms with E-state index in [1.807, 2.05) is 38.1 Å². The van der Waals surface area contributed by atoms with Gasteiger partial charge in [-0.1, -0.05) is 0 Å². The highest BCUT2D eigenvalue weighted by atomic mass is 16.7. The third kappa shape index (κ3) is 3.90. The van der Waals surface area contributed by atoms with E-state index in [4.69, 9.17) is 33.2 Å². The van der Waals surface area contributed by atoms with E-state index < -0.39 is 30.0 Å². The van der Waals surface area contributed by atoms with E-state index >= 15 is 0 Å². The van der Waals surface area contributed by atoms with Gasteiger partial charge < -0.3 is 38.5 Å². The zero-order valence-corrected chi connectivity index (χ0v) is 20.8. The van der Waals surface area contributed by atoms with E-state index in [1.54, 1.807) is 0 Å². The molecule has 1 fully saturated rings. The molecule has 36 heavy (non-hydrogen) atoms. The lowest BCUT2D eigenvalue weighted by Crippen LogP contribution is -2.39. The molecule has 1 saturated heterocycles. The van der Waals surface area contributed by atoms with Gasteiger partial charge in [-0.2, -0.15) is 0 Å². The summed E-state index contributed by atoms with van der Waals surface area (Å²) in [4.78, 5) is 25.8. The summed E-state index contributed by atoms with van der Waals surface area (Å²) in [5, 5.41) is 2.76. The van der Waals surface area contributed by atoms with E-state index in [-0.39, 0.29) is 25.4 Å². The molecule has 5 rings (SSSR count). The van der Waals surface area contributed by atoms with Gasteiger partial charge in [0.25, 0.3) is 0 Å². The molecule has 4 atom stereocenters. The average Bonchev–Trinajstić information content (AvgIpc) is 3.47. The zero-order chi connectivity index (χ0) is 25.6. The third-order valence-corrected chi connectivity index (χ3v) is 6.81. The van der Waals surface area contributed by atoms with Gasteiger partial charge >= 0.3 is 12.1 Å². The van der Waals surface area contributed by atoms with Gasteiger partial charge in [0, 0.05) is 23.4 Å². The maximum Gasteiger partial charge on any atom is 0.407 e. The molecule has 0 aromatic heterocycles. The normalized spacial score (nSPS) is 23.4. The van der Waals surface area contributed by atoms with E-state index in [9.17, 15) is 9.59 Å². The molecule has 0 spiro atoms. The lowest BCUT2D eigenvalue weighted by Gasteiger charge is -2.38. The van der Waals surface area contributed by atoms with Gasteiger partial charge in [0.15, 0.2) is 23.0 Å². The van der Waals surface area contributed by atoms with Crippen molar-refractivity contribution in [2.75, 3.05) is 34.7 Å². The number of hydrogen-bond donors (Lipinski definition) is 1. The number of ether oxygens (including phenoxy) is 7. The Morgan fingerprint density at radius 1 is 0.944 bits per heavy atom. The number of amides is 1. The molecule has 0 saturated carbocycles. The SMILES string of the molecule is COc1cc([C@@H]2c3cc4c(cc3[C@@H](OC(=O)NC(C)C)[C@H]3COC(=O)[C@H]23)OCO4)cc(OC)c1OC. The Kier molecular flexibility index (Phi) is 6.19. The monoisotopic (exact) mass is 499 g/mol. The van der Waals surface area contributed by atoms with Crippen molar-refractivity contribution in [2.24, 2.45) is 11.8 Å². The molecule has 2 aromatic carbocycles. The van der Waals surface area contributed by atoms with Crippen LogP contribution >= 0.6 is 0 Å². The summed E-state index contributed by atoms with van der Waals surface area (Å²) >= 11 is 0. The van der Waals surface area contributed by atoms with Crippen LogP contribution < -0.4 is 29.0 Å². The smallest absolute Gasteiger partial charge is 0.407 e. The van der Waals surface area contributed by atoms with E-state index in [0.29, 0.717) is 28.7 Å². The topological polar surface area (TPSA) is 111 Å². The van der Waals surface area contributed by atoms with Gasteiger partial charge in [-0.25, -0.2) is 4.79 Å². The van der Waals surface area contributed by atoms with Gasteiger partial charge in [0.1, 0.15) is 6.10 Å². The van der Waals surface area contributed by atoms with Crippen molar-refractivity contribution in [3.05, 3.63) is 41.0 Å². The summed E-state index contributed by atoms with van der Waals surface area (Å²) in [6.07, 6.45) is -1.29. The average molecular weight is 500 g/mol. The van der Waals surface area contributed by atoms with Crippen molar-refractivity contribution in [3.63, 3.8) is 0 Å². The van der Waals surface area contributed by atoms with Crippen molar-refractivity contribution in [1.29, 1.82) is 0 Å². The highest BCUT2D eigenvalue weighted by Crippen LogP contribution is 2.56. The fourth-order valence-electron chi connectivity index (χ4n) is 5.33. The minimum atomic E-state index is -0.719. The van der Waals surface area contributed by atoms with Crippen LogP contribution in [0.4, 0.5) is 4.79 Å². The number of methoxy groups -OCH3 is 3. The molecule has 0 bridgehead atoms. The molecule has 1 amide bonds. The number of benzene rings is 2. The van der Waals surface area contributed by atoms with Gasteiger partial charge in [-0.3, -0.25) is 4.79 Å². The summed E-state index contributed by atoms with van der Waals surface area (Å²) in [5.41, 5.74) is 2.27. The van der Waals surface area contributed by atoms with E-state index in [2.05, 4.69) is 5.32 Å². The summed E-state index contributed by atoms with van der Waals surface area (Å²) in [6.45, 7) is 3.90. The van der Waals surface area contributed by atoms with Gasteiger partial charge in [-0.05, 0) is 49.2 Å². The predicted molar refractivity (Wildman–Crippen MR) is 126 cm³/mol. The Balaban J connectivity index is 1.69. The first-order chi connectivity index (χ1) is 17.4. The number of alkyl carbamates (subject to hydrolysis) is 1. The molecule has 0 radical (unpaired) electrons. The molecule has 1 aliphatic carbocycles. The van der Waals surface area contributed by atoms with Crippen LogP contribution in [-0.4, -0.2) is 52.8 Å².